The lowest BCUT2D eigenvalue weighted by molar-refractivity contribution is -0.126. The monoisotopic (exact) mass is 269 g/mol. The summed E-state index contributed by atoms with van der Waals surface area (Å²) < 4.78 is 0. The van der Waals surface area contributed by atoms with Crippen molar-refractivity contribution in [2.45, 2.75) is 26.2 Å². The van der Waals surface area contributed by atoms with Gasteiger partial charge in [-0.1, -0.05) is 17.8 Å². The number of allylic oxidation sites excluding steroid dienone is 2. The van der Waals surface area contributed by atoms with E-state index in [2.05, 4.69) is 11.1 Å². The summed E-state index contributed by atoms with van der Waals surface area (Å²) in [6, 6.07) is 0. The van der Waals surface area contributed by atoms with E-state index in [9.17, 15) is 4.79 Å². The van der Waals surface area contributed by atoms with Crippen molar-refractivity contribution in [2.75, 3.05) is 12.3 Å². The Morgan fingerprint density at radius 2 is 2.33 bits per heavy atom. The van der Waals surface area contributed by atoms with Crippen LogP contribution in [-0.2, 0) is 4.79 Å². The molecule has 0 aliphatic heterocycles. The van der Waals surface area contributed by atoms with Gasteiger partial charge in [0, 0.05) is 12.2 Å². The second-order valence-electron chi connectivity index (χ2n) is 3.86. The number of nitrogens with zero attached hydrogens (tertiary/aromatic N) is 2. The lowest BCUT2D eigenvalue weighted by Gasteiger charge is -2.21. The Kier molecular flexibility index (Phi) is 5.70. The molecule has 0 atom stereocenters. The Morgan fingerprint density at radius 1 is 1.61 bits per heavy atom. The molecule has 0 saturated carbocycles. The van der Waals surface area contributed by atoms with E-state index in [1.54, 1.807) is 4.90 Å². The van der Waals surface area contributed by atoms with Crippen molar-refractivity contribution in [1.29, 1.82) is 5.41 Å². The zero-order valence-corrected chi connectivity index (χ0v) is 11.3. The second kappa shape index (κ2) is 7.05. The minimum absolute atomic E-state index is 0.00815. The molecule has 18 heavy (non-hydrogen) atoms. The van der Waals surface area contributed by atoms with Gasteiger partial charge in [-0.2, -0.15) is 4.99 Å². The topological polar surface area (TPSA) is 109 Å². The SMILES string of the molecule is CCN(C(=O)CSC(=N)N=C(N)N)C1=CCCC1. The van der Waals surface area contributed by atoms with E-state index < -0.39 is 0 Å². The van der Waals surface area contributed by atoms with Crippen LogP contribution in [0.2, 0.25) is 0 Å². The van der Waals surface area contributed by atoms with Crippen molar-refractivity contribution >= 4 is 28.8 Å². The highest BCUT2D eigenvalue weighted by Gasteiger charge is 2.18. The Bertz CT molecular complexity index is 387. The molecule has 0 unspecified atom stereocenters. The summed E-state index contributed by atoms with van der Waals surface area (Å²) in [5, 5.41) is 7.41. The normalized spacial score (nSPS) is 13.9. The number of nitrogens with two attached hydrogens (primary N) is 2. The van der Waals surface area contributed by atoms with Gasteiger partial charge in [-0.25, -0.2) is 0 Å². The minimum atomic E-state index is -0.161. The van der Waals surface area contributed by atoms with Crippen LogP contribution in [-0.4, -0.2) is 34.2 Å². The predicted molar refractivity (Wildman–Crippen MR) is 75.3 cm³/mol. The number of aliphatic imine (C=N–C) groups is 1. The molecule has 100 valence electrons. The van der Waals surface area contributed by atoms with Gasteiger partial charge >= 0.3 is 0 Å². The van der Waals surface area contributed by atoms with Crippen molar-refractivity contribution in [1.82, 2.24) is 4.90 Å². The quantitative estimate of drug-likeness (QED) is 0.519. The van der Waals surface area contributed by atoms with Gasteiger partial charge in [0.25, 0.3) is 0 Å². The number of thioether (sulfide) groups is 1. The maximum absolute atomic E-state index is 12.0. The first-order chi connectivity index (χ1) is 8.54. The molecular weight excluding hydrogens is 250 g/mol. The Balaban J connectivity index is 2.48. The maximum Gasteiger partial charge on any atom is 0.237 e. The number of nitrogens with one attached hydrogen (secondary N) is 1. The minimum Gasteiger partial charge on any atom is -0.370 e. The molecule has 1 aliphatic rings. The van der Waals surface area contributed by atoms with Crippen LogP contribution in [0.25, 0.3) is 0 Å². The Morgan fingerprint density at radius 3 is 2.83 bits per heavy atom. The predicted octanol–water partition coefficient (Wildman–Crippen LogP) is 0.844. The number of amidine groups is 1. The highest BCUT2D eigenvalue weighted by atomic mass is 32.2. The van der Waals surface area contributed by atoms with Crippen LogP contribution >= 0.6 is 11.8 Å². The van der Waals surface area contributed by atoms with E-state index in [0.717, 1.165) is 36.7 Å². The van der Waals surface area contributed by atoms with E-state index >= 15 is 0 Å². The van der Waals surface area contributed by atoms with Crippen LogP contribution in [0.15, 0.2) is 16.8 Å². The summed E-state index contributed by atoms with van der Waals surface area (Å²) in [7, 11) is 0. The highest BCUT2D eigenvalue weighted by Crippen LogP contribution is 2.22. The standard InChI is InChI=1S/C11H19N5OS/c1-2-16(8-5-3-4-6-8)9(17)7-18-11(14)15-10(12)13/h5H,2-4,6-7H2,1H3,(H5,12,13,14,15). The highest BCUT2D eigenvalue weighted by molar-refractivity contribution is 8.14. The molecule has 0 saturated heterocycles. The number of guanidine groups is 1. The average Bonchev–Trinajstić information content (AvgIpc) is 2.80. The number of amides is 1. The van der Waals surface area contributed by atoms with E-state index in [-0.39, 0.29) is 22.8 Å². The van der Waals surface area contributed by atoms with E-state index in [4.69, 9.17) is 16.9 Å². The van der Waals surface area contributed by atoms with Crippen molar-refractivity contribution in [2.24, 2.45) is 16.5 Å². The van der Waals surface area contributed by atoms with Gasteiger partial charge in [-0.05, 0) is 26.2 Å². The summed E-state index contributed by atoms with van der Waals surface area (Å²) in [5.41, 5.74) is 11.4. The molecule has 0 heterocycles. The summed E-state index contributed by atoms with van der Waals surface area (Å²) in [5.74, 6) is 0.0119. The molecule has 0 aromatic carbocycles. The Hall–Kier alpha value is -1.50. The molecule has 1 aliphatic carbocycles. The molecule has 1 rings (SSSR count). The Labute approximate surface area is 111 Å². The van der Waals surface area contributed by atoms with Crippen LogP contribution in [0.1, 0.15) is 26.2 Å². The van der Waals surface area contributed by atoms with E-state index in [1.165, 1.54) is 0 Å². The zero-order chi connectivity index (χ0) is 13.5. The number of rotatable bonds is 4. The molecule has 6 nitrogen and oxygen atoms in total. The first-order valence-electron chi connectivity index (χ1n) is 5.85. The largest absolute Gasteiger partial charge is 0.370 e. The van der Waals surface area contributed by atoms with Gasteiger partial charge in [-0.3, -0.25) is 10.2 Å². The third-order valence-electron chi connectivity index (χ3n) is 2.54. The van der Waals surface area contributed by atoms with Gasteiger partial charge in [0.05, 0.1) is 5.75 Å². The molecule has 1 amide bonds. The van der Waals surface area contributed by atoms with E-state index in [1.807, 2.05) is 6.92 Å². The van der Waals surface area contributed by atoms with Crippen LogP contribution in [0, 0.1) is 5.41 Å². The molecule has 0 spiro atoms. The molecule has 0 aromatic heterocycles. The number of hydrogen-bond acceptors (Lipinski definition) is 3. The first-order valence-corrected chi connectivity index (χ1v) is 6.83. The van der Waals surface area contributed by atoms with Crippen LogP contribution in [0.5, 0.6) is 0 Å². The smallest absolute Gasteiger partial charge is 0.237 e. The number of carbonyl (C=O) groups is 1. The maximum atomic E-state index is 12.0. The molecule has 0 radical (unpaired) electrons. The van der Waals surface area contributed by atoms with Gasteiger partial charge in [0.1, 0.15) is 0 Å². The fourth-order valence-corrected chi connectivity index (χ4v) is 2.38. The number of carbonyl (C=O) groups excluding carboxylic acids is 1. The van der Waals surface area contributed by atoms with E-state index in [0.29, 0.717) is 6.54 Å². The van der Waals surface area contributed by atoms with Crippen molar-refractivity contribution in [3.63, 3.8) is 0 Å². The molecule has 0 aromatic rings. The molecular formula is C11H19N5OS. The summed E-state index contributed by atoms with van der Waals surface area (Å²) >= 11 is 1.03. The van der Waals surface area contributed by atoms with Crippen molar-refractivity contribution in [3.8, 4) is 0 Å². The third kappa shape index (κ3) is 4.40. The van der Waals surface area contributed by atoms with Crippen molar-refractivity contribution in [3.05, 3.63) is 11.8 Å². The fourth-order valence-electron chi connectivity index (χ4n) is 1.80. The molecule has 5 N–H and O–H groups in total. The van der Waals surface area contributed by atoms with Crippen LogP contribution in [0.4, 0.5) is 0 Å². The fraction of sp³-hybridized carbons (Fsp3) is 0.545. The molecule has 0 fully saturated rings. The van der Waals surface area contributed by atoms with Gasteiger partial charge in [-0.15, -0.1) is 0 Å². The van der Waals surface area contributed by atoms with Crippen LogP contribution < -0.4 is 11.5 Å². The summed E-state index contributed by atoms with van der Waals surface area (Å²) in [6.45, 7) is 2.60. The van der Waals surface area contributed by atoms with Gasteiger partial charge in [0.15, 0.2) is 11.1 Å². The molecule has 0 bridgehead atoms. The van der Waals surface area contributed by atoms with Crippen LogP contribution in [0.3, 0.4) is 0 Å². The zero-order valence-electron chi connectivity index (χ0n) is 10.5. The lowest BCUT2D eigenvalue weighted by atomic mass is 10.3. The average molecular weight is 269 g/mol. The second-order valence-corrected chi connectivity index (χ2v) is 4.82. The van der Waals surface area contributed by atoms with Gasteiger partial charge < -0.3 is 16.4 Å². The summed E-state index contributed by atoms with van der Waals surface area (Å²) in [4.78, 5) is 17.3. The number of hydrogen-bond donors (Lipinski definition) is 3. The first kappa shape index (κ1) is 14.6. The lowest BCUT2D eigenvalue weighted by Crippen LogP contribution is -2.31. The third-order valence-corrected chi connectivity index (χ3v) is 3.30. The summed E-state index contributed by atoms with van der Waals surface area (Å²) in [6.07, 6.45) is 5.20. The van der Waals surface area contributed by atoms with Crippen molar-refractivity contribution < 1.29 is 4.79 Å². The molecule has 7 heteroatoms. The van der Waals surface area contributed by atoms with Gasteiger partial charge in [0.2, 0.25) is 5.91 Å².